The van der Waals surface area contributed by atoms with Crippen LogP contribution in [0.4, 0.5) is 5.82 Å². The van der Waals surface area contributed by atoms with Crippen LogP contribution in [0, 0.1) is 11.3 Å². The highest BCUT2D eigenvalue weighted by atomic mass is 32.2. The minimum absolute atomic E-state index is 0.177. The Morgan fingerprint density at radius 3 is 2.72 bits per heavy atom. The number of aromatic nitrogens is 1. The minimum atomic E-state index is -0.274. The quantitative estimate of drug-likeness (QED) is 0.588. The molecule has 2 aliphatic rings. The fraction of sp³-hybridized carbons (Fsp3) is 0.611. The maximum Gasteiger partial charge on any atom is 0.316 e. The van der Waals surface area contributed by atoms with Crippen LogP contribution in [0.3, 0.4) is 0 Å². The molecular weight excluding hydrogens is 338 g/mol. The second-order valence-corrected chi connectivity index (χ2v) is 7.05. The summed E-state index contributed by atoms with van der Waals surface area (Å²) in [5.74, 6) is 0.879. The molecule has 0 aromatic carbocycles. The summed E-state index contributed by atoms with van der Waals surface area (Å²) in [6.45, 7) is 5.17. The monoisotopic (exact) mass is 361 g/mol. The lowest BCUT2D eigenvalue weighted by molar-refractivity contribution is -0.139. The summed E-state index contributed by atoms with van der Waals surface area (Å²) in [6, 6.07) is 2.33. The molecule has 25 heavy (non-hydrogen) atoms. The van der Waals surface area contributed by atoms with Gasteiger partial charge < -0.3 is 14.4 Å². The van der Waals surface area contributed by atoms with Crippen LogP contribution in [0.2, 0.25) is 0 Å². The van der Waals surface area contributed by atoms with Gasteiger partial charge in [0.2, 0.25) is 0 Å². The van der Waals surface area contributed by atoms with E-state index in [9.17, 15) is 10.1 Å². The molecule has 6 nitrogen and oxygen atoms in total. The number of anilines is 1. The number of thioether (sulfide) groups is 1. The average molecular weight is 361 g/mol. The molecule has 1 aromatic rings. The number of hydrogen-bond acceptors (Lipinski definition) is 7. The van der Waals surface area contributed by atoms with Crippen molar-refractivity contribution in [2.45, 2.75) is 37.6 Å². The van der Waals surface area contributed by atoms with E-state index in [0.29, 0.717) is 30.4 Å². The van der Waals surface area contributed by atoms with E-state index in [1.54, 1.807) is 6.92 Å². The van der Waals surface area contributed by atoms with Gasteiger partial charge in [-0.1, -0.05) is 11.8 Å². The Hall–Kier alpha value is -1.78. The Kier molecular flexibility index (Phi) is 6.16. The molecule has 134 valence electrons. The van der Waals surface area contributed by atoms with Crippen LogP contribution >= 0.6 is 11.8 Å². The van der Waals surface area contributed by atoms with Crippen molar-refractivity contribution in [3.8, 4) is 6.07 Å². The number of pyridine rings is 1. The third-order valence-corrected chi connectivity index (χ3v) is 5.46. The summed E-state index contributed by atoms with van der Waals surface area (Å²) in [6.07, 6.45) is 4.10. The van der Waals surface area contributed by atoms with Crippen molar-refractivity contribution >= 4 is 23.5 Å². The van der Waals surface area contributed by atoms with Crippen LogP contribution < -0.4 is 4.90 Å². The van der Waals surface area contributed by atoms with E-state index in [2.05, 4.69) is 11.0 Å². The Morgan fingerprint density at radius 1 is 1.32 bits per heavy atom. The zero-order chi connectivity index (χ0) is 17.6. The molecule has 1 fully saturated rings. The lowest BCUT2D eigenvalue weighted by Gasteiger charge is -2.32. The predicted octanol–water partition coefficient (Wildman–Crippen LogP) is 2.32. The maximum atomic E-state index is 11.7. The van der Waals surface area contributed by atoms with Gasteiger partial charge in [0.05, 0.1) is 31.1 Å². The largest absolute Gasteiger partial charge is 0.465 e. The van der Waals surface area contributed by atoms with Gasteiger partial charge in [-0.3, -0.25) is 4.79 Å². The molecule has 1 saturated heterocycles. The van der Waals surface area contributed by atoms with Gasteiger partial charge in [0.1, 0.15) is 16.9 Å². The van der Waals surface area contributed by atoms with E-state index in [-0.39, 0.29) is 11.7 Å². The fourth-order valence-corrected chi connectivity index (χ4v) is 4.17. The van der Waals surface area contributed by atoms with Crippen molar-refractivity contribution in [3.63, 3.8) is 0 Å². The molecule has 0 radical (unpaired) electrons. The SMILES string of the molecule is CCOC(=O)CSc1nc(N2CCOCC2)c2c(c1C#N)CCCC2. The zero-order valence-corrected chi connectivity index (χ0v) is 15.4. The molecule has 2 heterocycles. The molecule has 7 heteroatoms. The van der Waals surface area contributed by atoms with E-state index in [0.717, 1.165) is 50.2 Å². The molecule has 1 aliphatic heterocycles. The number of fused-ring (bicyclic) bond motifs is 1. The first kappa shape index (κ1) is 18.0. The highest BCUT2D eigenvalue weighted by Gasteiger charge is 2.26. The number of esters is 1. The van der Waals surface area contributed by atoms with Crippen LogP contribution in [0.15, 0.2) is 5.03 Å². The third kappa shape index (κ3) is 4.07. The van der Waals surface area contributed by atoms with Gasteiger partial charge in [0.25, 0.3) is 0 Å². The van der Waals surface area contributed by atoms with E-state index in [1.165, 1.54) is 17.3 Å². The Balaban J connectivity index is 1.95. The molecule has 1 aliphatic carbocycles. The van der Waals surface area contributed by atoms with Gasteiger partial charge in [-0.25, -0.2) is 4.98 Å². The van der Waals surface area contributed by atoms with Crippen molar-refractivity contribution in [2.24, 2.45) is 0 Å². The van der Waals surface area contributed by atoms with Gasteiger partial charge in [0, 0.05) is 13.1 Å². The first-order valence-corrected chi connectivity index (χ1v) is 9.80. The number of nitriles is 1. The van der Waals surface area contributed by atoms with Gasteiger partial charge in [-0.05, 0) is 43.7 Å². The van der Waals surface area contributed by atoms with Crippen molar-refractivity contribution in [2.75, 3.05) is 43.6 Å². The summed E-state index contributed by atoms with van der Waals surface area (Å²) in [7, 11) is 0. The molecule has 0 atom stereocenters. The van der Waals surface area contributed by atoms with E-state index >= 15 is 0 Å². The molecule has 0 N–H and O–H groups in total. The smallest absolute Gasteiger partial charge is 0.316 e. The maximum absolute atomic E-state index is 11.7. The van der Waals surface area contributed by atoms with Gasteiger partial charge >= 0.3 is 5.97 Å². The normalized spacial score (nSPS) is 16.9. The van der Waals surface area contributed by atoms with Gasteiger partial charge in [-0.2, -0.15) is 5.26 Å². The molecule has 3 rings (SSSR count). The standard InChI is InChI=1S/C18H23N3O3S/c1-2-24-16(22)12-25-18-15(11-19)13-5-3-4-6-14(13)17(20-18)21-7-9-23-10-8-21/h2-10,12H2,1H3. The Labute approximate surface area is 152 Å². The van der Waals surface area contributed by atoms with Crippen LogP contribution in [0.25, 0.3) is 0 Å². The van der Waals surface area contributed by atoms with Crippen LogP contribution in [-0.4, -0.2) is 49.6 Å². The summed E-state index contributed by atoms with van der Waals surface area (Å²) < 4.78 is 10.5. The molecule has 0 unspecified atom stereocenters. The summed E-state index contributed by atoms with van der Waals surface area (Å²) in [5, 5.41) is 10.3. The van der Waals surface area contributed by atoms with E-state index < -0.39 is 0 Å². The zero-order valence-electron chi connectivity index (χ0n) is 14.5. The topological polar surface area (TPSA) is 75.4 Å². The summed E-state index contributed by atoms with van der Waals surface area (Å²) in [5.41, 5.74) is 2.97. The first-order valence-electron chi connectivity index (χ1n) is 8.81. The second kappa shape index (κ2) is 8.54. The van der Waals surface area contributed by atoms with Crippen molar-refractivity contribution in [3.05, 3.63) is 16.7 Å². The number of carbonyl (C=O) groups excluding carboxylic acids is 1. The highest BCUT2D eigenvalue weighted by Crippen LogP contribution is 2.36. The van der Waals surface area contributed by atoms with Crippen LogP contribution in [-0.2, 0) is 27.1 Å². The first-order chi connectivity index (χ1) is 12.2. The number of nitrogens with zero attached hydrogens (tertiary/aromatic N) is 3. The Morgan fingerprint density at radius 2 is 2.04 bits per heavy atom. The van der Waals surface area contributed by atoms with Crippen LogP contribution in [0.5, 0.6) is 0 Å². The van der Waals surface area contributed by atoms with Gasteiger partial charge in [0.15, 0.2) is 0 Å². The molecule has 1 aromatic heterocycles. The molecule has 0 amide bonds. The number of rotatable bonds is 5. The highest BCUT2D eigenvalue weighted by molar-refractivity contribution is 7.99. The lowest BCUT2D eigenvalue weighted by atomic mass is 9.89. The van der Waals surface area contributed by atoms with Crippen molar-refractivity contribution < 1.29 is 14.3 Å². The number of morpholine rings is 1. The van der Waals surface area contributed by atoms with Gasteiger partial charge in [-0.15, -0.1) is 0 Å². The molecule has 0 spiro atoms. The number of carbonyl (C=O) groups is 1. The molecule has 0 saturated carbocycles. The number of hydrogen-bond donors (Lipinski definition) is 0. The predicted molar refractivity (Wildman–Crippen MR) is 96.0 cm³/mol. The summed E-state index contributed by atoms with van der Waals surface area (Å²) >= 11 is 1.30. The third-order valence-electron chi connectivity index (χ3n) is 4.52. The second-order valence-electron chi connectivity index (χ2n) is 6.08. The van der Waals surface area contributed by atoms with Crippen LogP contribution in [0.1, 0.15) is 36.5 Å². The Bertz CT molecular complexity index is 681. The molecular formula is C18H23N3O3S. The lowest BCUT2D eigenvalue weighted by Crippen LogP contribution is -2.38. The van der Waals surface area contributed by atoms with Crippen molar-refractivity contribution in [1.82, 2.24) is 4.98 Å². The summed E-state index contributed by atoms with van der Waals surface area (Å²) in [4.78, 5) is 18.8. The fourth-order valence-electron chi connectivity index (χ4n) is 3.36. The number of ether oxygens (including phenoxy) is 2. The van der Waals surface area contributed by atoms with E-state index in [1.807, 2.05) is 0 Å². The molecule has 0 bridgehead atoms. The van der Waals surface area contributed by atoms with E-state index in [4.69, 9.17) is 14.5 Å². The average Bonchev–Trinajstić information content (AvgIpc) is 2.66. The van der Waals surface area contributed by atoms with Crippen molar-refractivity contribution in [1.29, 1.82) is 5.26 Å². The minimum Gasteiger partial charge on any atom is -0.465 e.